The van der Waals surface area contributed by atoms with Crippen LogP contribution in [0.3, 0.4) is 0 Å². The highest BCUT2D eigenvalue weighted by Gasteiger charge is 2.19. The molecule has 6 nitrogen and oxygen atoms in total. The number of hydrogen-bond donors (Lipinski definition) is 2. The highest BCUT2D eigenvalue weighted by molar-refractivity contribution is 7.20. The van der Waals surface area contributed by atoms with Crippen LogP contribution >= 0.6 is 11.3 Å². The molecule has 2 aromatic heterocycles. The van der Waals surface area contributed by atoms with E-state index in [0.717, 1.165) is 5.56 Å². The smallest absolute Gasteiger partial charge is 0.266 e. The summed E-state index contributed by atoms with van der Waals surface area (Å²) in [5.41, 5.74) is 1.99. The van der Waals surface area contributed by atoms with Crippen LogP contribution in [0.1, 0.15) is 20.8 Å². The van der Waals surface area contributed by atoms with E-state index in [0.29, 0.717) is 32.1 Å². The van der Waals surface area contributed by atoms with Crippen molar-refractivity contribution in [1.29, 1.82) is 0 Å². The minimum atomic E-state index is -0.284. The second-order valence-electron chi connectivity index (χ2n) is 5.13. The maximum atomic E-state index is 12.6. The zero-order valence-electron chi connectivity index (χ0n) is 12.9. The monoisotopic (exact) mass is 329 g/mol. The molecular formula is C16H15N3O3S. The summed E-state index contributed by atoms with van der Waals surface area (Å²) < 4.78 is 5.27. The van der Waals surface area contributed by atoms with Crippen LogP contribution in [-0.2, 0) is 0 Å². The first-order chi connectivity index (χ1) is 11.0. The van der Waals surface area contributed by atoms with Gasteiger partial charge in [-0.2, -0.15) is 0 Å². The standard InChI is InChI=1S/C16H15N3O3S/c1-8-4-5-11(22-3)10(6-8)19-15(21)13-9(2)12-14(20)17-7-18-16(12)23-13/h4-7H,1-3H3,(H,19,21)(H,17,18,20). The molecule has 0 saturated carbocycles. The van der Waals surface area contributed by atoms with Crippen molar-refractivity contribution in [3.05, 3.63) is 50.9 Å². The molecule has 2 heterocycles. The van der Waals surface area contributed by atoms with Gasteiger partial charge < -0.3 is 15.0 Å². The first-order valence-corrected chi connectivity index (χ1v) is 7.75. The van der Waals surface area contributed by atoms with E-state index in [1.165, 1.54) is 17.7 Å². The Morgan fingerprint density at radius 2 is 2.13 bits per heavy atom. The average molecular weight is 329 g/mol. The largest absolute Gasteiger partial charge is 0.495 e. The number of methoxy groups -OCH3 is 1. The van der Waals surface area contributed by atoms with E-state index in [2.05, 4.69) is 15.3 Å². The number of thiophene rings is 1. The lowest BCUT2D eigenvalue weighted by Gasteiger charge is -2.10. The number of amides is 1. The average Bonchev–Trinajstić information content (AvgIpc) is 2.86. The summed E-state index contributed by atoms with van der Waals surface area (Å²) in [5, 5.41) is 3.30. The molecule has 3 rings (SSSR count). The Bertz CT molecular complexity index is 959. The number of anilines is 1. The van der Waals surface area contributed by atoms with Crippen LogP contribution in [0.15, 0.2) is 29.3 Å². The summed E-state index contributed by atoms with van der Waals surface area (Å²) in [6, 6.07) is 5.54. The van der Waals surface area contributed by atoms with Crippen molar-refractivity contribution < 1.29 is 9.53 Å². The fourth-order valence-corrected chi connectivity index (χ4v) is 3.44. The SMILES string of the molecule is COc1ccc(C)cc1NC(=O)c1sc2nc[nH]c(=O)c2c1C. The van der Waals surface area contributed by atoms with Gasteiger partial charge in [0.2, 0.25) is 0 Å². The van der Waals surface area contributed by atoms with Gasteiger partial charge in [0.1, 0.15) is 10.6 Å². The first kappa shape index (κ1) is 15.2. The Labute approximate surface area is 136 Å². The van der Waals surface area contributed by atoms with Crippen LogP contribution < -0.4 is 15.6 Å². The quantitative estimate of drug-likeness (QED) is 0.774. The van der Waals surface area contributed by atoms with E-state index >= 15 is 0 Å². The highest BCUT2D eigenvalue weighted by Crippen LogP contribution is 2.30. The maximum Gasteiger partial charge on any atom is 0.266 e. The summed E-state index contributed by atoms with van der Waals surface area (Å²) in [4.78, 5) is 32.2. The molecule has 1 amide bonds. The van der Waals surface area contributed by atoms with Crippen LogP contribution in [-0.4, -0.2) is 23.0 Å². The second kappa shape index (κ2) is 5.85. The van der Waals surface area contributed by atoms with Crippen molar-refractivity contribution in [2.45, 2.75) is 13.8 Å². The predicted molar refractivity (Wildman–Crippen MR) is 90.7 cm³/mol. The van der Waals surface area contributed by atoms with Crippen LogP contribution in [0.4, 0.5) is 5.69 Å². The highest BCUT2D eigenvalue weighted by atomic mass is 32.1. The Morgan fingerprint density at radius 1 is 1.35 bits per heavy atom. The van der Waals surface area contributed by atoms with Crippen molar-refractivity contribution in [3.63, 3.8) is 0 Å². The minimum Gasteiger partial charge on any atom is -0.495 e. The molecule has 0 aliphatic carbocycles. The second-order valence-corrected chi connectivity index (χ2v) is 6.12. The number of aromatic nitrogens is 2. The molecule has 0 aliphatic rings. The van der Waals surface area contributed by atoms with Gasteiger partial charge in [-0.1, -0.05) is 6.07 Å². The maximum absolute atomic E-state index is 12.6. The van der Waals surface area contributed by atoms with Gasteiger partial charge in [0.05, 0.1) is 29.4 Å². The summed E-state index contributed by atoms with van der Waals surface area (Å²) in [6.45, 7) is 3.68. The number of hydrogen-bond acceptors (Lipinski definition) is 5. The number of carbonyl (C=O) groups is 1. The summed E-state index contributed by atoms with van der Waals surface area (Å²) in [5.74, 6) is 0.299. The number of aromatic amines is 1. The number of nitrogens with one attached hydrogen (secondary N) is 2. The molecule has 7 heteroatoms. The van der Waals surface area contributed by atoms with E-state index in [9.17, 15) is 9.59 Å². The van der Waals surface area contributed by atoms with Crippen LogP contribution in [0, 0.1) is 13.8 Å². The molecule has 3 aromatic rings. The van der Waals surface area contributed by atoms with Crippen molar-refractivity contribution >= 4 is 33.1 Å². The van der Waals surface area contributed by atoms with Gasteiger partial charge >= 0.3 is 0 Å². The fourth-order valence-electron chi connectivity index (χ4n) is 2.39. The molecule has 0 radical (unpaired) electrons. The van der Waals surface area contributed by atoms with Gasteiger partial charge in [-0.05, 0) is 37.1 Å². The number of rotatable bonds is 3. The zero-order chi connectivity index (χ0) is 16.6. The number of H-pyrrole nitrogens is 1. The number of nitrogens with zero attached hydrogens (tertiary/aromatic N) is 1. The third-order valence-corrected chi connectivity index (χ3v) is 4.74. The minimum absolute atomic E-state index is 0.240. The van der Waals surface area contributed by atoms with E-state index < -0.39 is 0 Å². The number of carbonyl (C=O) groups excluding carboxylic acids is 1. The lowest BCUT2D eigenvalue weighted by Crippen LogP contribution is -2.13. The molecule has 0 aliphatic heterocycles. The molecule has 23 heavy (non-hydrogen) atoms. The summed E-state index contributed by atoms with van der Waals surface area (Å²) in [6.07, 6.45) is 1.34. The predicted octanol–water partition coefficient (Wildman–Crippen LogP) is 2.86. The summed E-state index contributed by atoms with van der Waals surface area (Å²) >= 11 is 1.20. The molecule has 0 unspecified atom stereocenters. The zero-order valence-corrected chi connectivity index (χ0v) is 13.7. The van der Waals surface area contributed by atoms with Crippen molar-refractivity contribution in [2.75, 3.05) is 12.4 Å². The molecule has 0 spiro atoms. The normalized spacial score (nSPS) is 10.7. The van der Waals surface area contributed by atoms with E-state index in [-0.39, 0.29) is 11.5 Å². The van der Waals surface area contributed by atoms with Crippen molar-refractivity contribution in [3.8, 4) is 5.75 Å². The van der Waals surface area contributed by atoms with Gasteiger partial charge in [-0.3, -0.25) is 9.59 Å². The van der Waals surface area contributed by atoms with Gasteiger partial charge in [-0.15, -0.1) is 11.3 Å². The lowest BCUT2D eigenvalue weighted by atomic mass is 10.2. The Morgan fingerprint density at radius 3 is 2.83 bits per heavy atom. The van der Waals surface area contributed by atoms with E-state index in [1.54, 1.807) is 20.1 Å². The van der Waals surface area contributed by atoms with Gasteiger partial charge in [-0.25, -0.2) is 4.98 Å². The molecular weight excluding hydrogens is 314 g/mol. The molecule has 0 fully saturated rings. The van der Waals surface area contributed by atoms with Crippen LogP contribution in [0.25, 0.3) is 10.2 Å². The number of benzene rings is 1. The number of ether oxygens (including phenoxy) is 1. The molecule has 1 aromatic carbocycles. The lowest BCUT2D eigenvalue weighted by molar-refractivity contribution is 0.102. The topological polar surface area (TPSA) is 84.1 Å². The Hall–Kier alpha value is -2.67. The first-order valence-electron chi connectivity index (χ1n) is 6.94. The van der Waals surface area contributed by atoms with Crippen LogP contribution in [0.5, 0.6) is 5.75 Å². The van der Waals surface area contributed by atoms with Crippen molar-refractivity contribution in [1.82, 2.24) is 9.97 Å². The molecule has 2 N–H and O–H groups in total. The van der Waals surface area contributed by atoms with Crippen molar-refractivity contribution in [2.24, 2.45) is 0 Å². The number of fused-ring (bicyclic) bond motifs is 1. The molecule has 0 atom stereocenters. The molecule has 0 saturated heterocycles. The fraction of sp³-hybridized carbons (Fsp3) is 0.188. The van der Waals surface area contributed by atoms with E-state index in [4.69, 9.17) is 4.74 Å². The molecule has 0 bridgehead atoms. The van der Waals surface area contributed by atoms with Gasteiger partial charge in [0.25, 0.3) is 11.5 Å². The molecule has 118 valence electrons. The Kier molecular flexibility index (Phi) is 3.87. The number of aryl methyl sites for hydroxylation is 2. The third kappa shape index (κ3) is 2.70. The van der Waals surface area contributed by atoms with Gasteiger partial charge in [0.15, 0.2) is 0 Å². The van der Waals surface area contributed by atoms with Gasteiger partial charge in [0, 0.05) is 0 Å². The van der Waals surface area contributed by atoms with Crippen LogP contribution in [0.2, 0.25) is 0 Å². The van der Waals surface area contributed by atoms with E-state index in [1.807, 2.05) is 19.1 Å². The Balaban J connectivity index is 2.02. The summed E-state index contributed by atoms with van der Waals surface area (Å²) in [7, 11) is 1.55. The third-order valence-electron chi connectivity index (χ3n) is 3.54.